The monoisotopic (exact) mass is 277 g/mol. The molecule has 2 aromatic rings. The van der Waals surface area contributed by atoms with Gasteiger partial charge in [-0.05, 0) is 31.2 Å². The summed E-state index contributed by atoms with van der Waals surface area (Å²) in [5.41, 5.74) is 0.410. The van der Waals surface area contributed by atoms with Crippen molar-refractivity contribution >= 4 is 23.3 Å². The van der Waals surface area contributed by atoms with Crippen molar-refractivity contribution in [2.45, 2.75) is 6.92 Å². The molecule has 19 heavy (non-hydrogen) atoms. The molecule has 0 saturated carbocycles. The lowest BCUT2D eigenvalue weighted by atomic mass is 10.2. The molecule has 98 valence electrons. The van der Waals surface area contributed by atoms with E-state index in [1.807, 2.05) is 6.92 Å². The number of hydrogen-bond acceptors (Lipinski definition) is 4. The quantitative estimate of drug-likeness (QED) is 0.873. The summed E-state index contributed by atoms with van der Waals surface area (Å²) in [4.78, 5) is 19.9. The minimum Gasteiger partial charge on any atom is -0.490 e. The molecular formula is C13H12ClN3O2. The number of amides is 1. The molecule has 0 radical (unpaired) electrons. The van der Waals surface area contributed by atoms with Crippen LogP contribution in [0.2, 0.25) is 5.15 Å². The number of pyridine rings is 2. The maximum Gasteiger partial charge on any atom is 0.257 e. The Labute approximate surface area is 115 Å². The predicted octanol–water partition coefficient (Wildman–Crippen LogP) is 2.78. The number of halogens is 1. The fourth-order valence-electron chi connectivity index (χ4n) is 1.48. The van der Waals surface area contributed by atoms with Gasteiger partial charge < -0.3 is 10.1 Å². The maximum atomic E-state index is 12.0. The highest BCUT2D eigenvalue weighted by Gasteiger charge is 2.11. The Balaban J connectivity index is 2.19. The Morgan fingerprint density at radius 3 is 2.95 bits per heavy atom. The van der Waals surface area contributed by atoms with Crippen LogP contribution >= 0.6 is 11.6 Å². The second kappa shape index (κ2) is 6.15. The first-order valence-corrected chi connectivity index (χ1v) is 6.09. The minimum atomic E-state index is -0.316. The van der Waals surface area contributed by atoms with E-state index >= 15 is 0 Å². The molecule has 1 amide bonds. The molecule has 0 fully saturated rings. The zero-order chi connectivity index (χ0) is 13.7. The molecule has 0 aliphatic heterocycles. The molecule has 0 saturated heterocycles. The summed E-state index contributed by atoms with van der Waals surface area (Å²) in [7, 11) is 0. The van der Waals surface area contributed by atoms with Gasteiger partial charge in [0.2, 0.25) is 0 Å². The van der Waals surface area contributed by atoms with E-state index in [1.54, 1.807) is 24.4 Å². The van der Waals surface area contributed by atoms with Gasteiger partial charge in [0.05, 0.1) is 6.61 Å². The second-order valence-corrected chi connectivity index (χ2v) is 3.99. The molecule has 0 spiro atoms. The molecule has 0 unspecified atom stereocenters. The summed E-state index contributed by atoms with van der Waals surface area (Å²) in [6, 6.07) is 6.54. The molecule has 0 aliphatic carbocycles. The van der Waals surface area contributed by atoms with Crippen molar-refractivity contribution in [1.29, 1.82) is 0 Å². The van der Waals surface area contributed by atoms with Crippen LogP contribution in [0, 0.1) is 0 Å². The molecule has 2 aromatic heterocycles. The number of anilines is 1. The van der Waals surface area contributed by atoms with Gasteiger partial charge in [0.25, 0.3) is 5.91 Å². The van der Waals surface area contributed by atoms with E-state index in [2.05, 4.69) is 15.3 Å². The van der Waals surface area contributed by atoms with Gasteiger partial charge in [-0.1, -0.05) is 11.6 Å². The van der Waals surface area contributed by atoms with Crippen LogP contribution in [0.5, 0.6) is 5.75 Å². The van der Waals surface area contributed by atoms with E-state index in [4.69, 9.17) is 16.3 Å². The molecule has 2 heterocycles. The Hall–Kier alpha value is -2.14. The van der Waals surface area contributed by atoms with E-state index in [0.717, 1.165) is 0 Å². The van der Waals surface area contributed by atoms with Crippen LogP contribution in [0.15, 0.2) is 36.7 Å². The van der Waals surface area contributed by atoms with Gasteiger partial charge in [-0.15, -0.1) is 0 Å². The molecule has 0 atom stereocenters. The Bertz CT molecular complexity index is 590. The van der Waals surface area contributed by atoms with E-state index < -0.39 is 0 Å². The highest BCUT2D eigenvalue weighted by molar-refractivity contribution is 6.29. The standard InChI is InChI=1S/C13H12ClN3O2/c1-2-19-10-4-3-6-16-12(10)17-13(18)9-5-7-15-11(14)8-9/h3-8H,2H2,1H3,(H,16,17,18). The number of carbonyl (C=O) groups is 1. The maximum absolute atomic E-state index is 12.0. The highest BCUT2D eigenvalue weighted by atomic mass is 35.5. The fraction of sp³-hybridized carbons (Fsp3) is 0.154. The second-order valence-electron chi connectivity index (χ2n) is 3.60. The van der Waals surface area contributed by atoms with Gasteiger partial charge in [-0.2, -0.15) is 0 Å². The molecule has 5 nitrogen and oxygen atoms in total. The third kappa shape index (κ3) is 3.42. The third-order valence-electron chi connectivity index (χ3n) is 2.29. The Morgan fingerprint density at radius 2 is 2.21 bits per heavy atom. The van der Waals surface area contributed by atoms with Crippen LogP contribution < -0.4 is 10.1 Å². The normalized spacial score (nSPS) is 10.0. The fourth-order valence-corrected chi connectivity index (χ4v) is 1.65. The van der Waals surface area contributed by atoms with Gasteiger partial charge in [0.1, 0.15) is 5.15 Å². The molecule has 0 aromatic carbocycles. The van der Waals surface area contributed by atoms with Gasteiger partial charge in [0, 0.05) is 18.0 Å². The number of hydrogen-bond donors (Lipinski definition) is 1. The zero-order valence-corrected chi connectivity index (χ0v) is 11.0. The number of ether oxygens (including phenoxy) is 1. The van der Waals surface area contributed by atoms with Crippen LogP contribution in [-0.4, -0.2) is 22.5 Å². The smallest absolute Gasteiger partial charge is 0.257 e. The average Bonchev–Trinajstić information content (AvgIpc) is 2.41. The average molecular weight is 278 g/mol. The minimum absolute atomic E-state index is 0.263. The van der Waals surface area contributed by atoms with Crippen molar-refractivity contribution in [2.75, 3.05) is 11.9 Å². The molecule has 1 N–H and O–H groups in total. The number of carbonyl (C=O) groups excluding carboxylic acids is 1. The summed E-state index contributed by atoms with van der Waals surface area (Å²) in [5, 5.41) is 2.94. The van der Waals surface area contributed by atoms with E-state index in [-0.39, 0.29) is 11.1 Å². The van der Waals surface area contributed by atoms with Crippen molar-refractivity contribution < 1.29 is 9.53 Å². The molecule has 0 aliphatic rings. The van der Waals surface area contributed by atoms with Crippen LogP contribution in [0.3, 0.4) is 0 Å². The van der Waals surface area contributed by atoms with E-state index in [1.165, 1.54) is 12.3 Å². The number of nitrogens with one attached hydrogen (secondary N) is 1. The van der Waals surface area contributed by atoms with Crippen molar-refractivity contribution in [3.05, 3.63) is 47.4 Å². The summed E-state index contributed by atoms with van der Waals surface area (Å²) < 4.78 is 5.38. The van der Waals surface area contributed by atoms with Crippen LogP contribution in [0.4, 0.5) is 5.82 Å². The highest BCUT2D eigenvalue weighted by Crippen LogP contribution is 2.21. The lowest BCUT2D eigenvalue weighted by Crippen LogP contribution is -2.14. The van der Waals surface area contributed by atoms with Crippen LogP contribution in [0.1, 0.15) is 17.3 Å². The third-order valence-corrected chi connectivity index (χ3v) is 2.50. The largest absolute Gasteiger partial charge is 0.490 e. The lowest BCUT2D eigenvalue weighted by Gasteiger charge is -2.09. The topological polar surface area (TPSA) is 64.1 Å². The number of rotatable bonds is 4. The van der Waals surface area contributed by atoms with E-state index in [9.17, 15) is 4.79 Å². The SMILES string of the molecule is CCOc1cccnc1NC(=O)c1ccnc(Cl)c1. The zero-order valence-electron chi connectivity index (χ0n) is 10.3. The Morgan fingerprint density at radius 1 is 1.37 bits per heavy atom. The molecule has 2 rings (SSSR count). The lowest BCUT2D eigenvalue weighted by molar-refractivity contribution is 0.102. The van der Waals surface area contributed by atoms with Crippen LogP contribution in [0.25, 0.3) is 0 Å². The van der Waals surface area contributed by atoms with Crippen molar-refractivity contribution in [3.63, 3.8) is 0 Å². The van der Waals surface area contributed by atoms with Crippen molar-refractivity contribution in [3.8, 4) is 5.75 Å². The molecular weight excluding hydrogens is 266 g/mol. The van der Waals surface area contributed by atoms with Gasteiger partial charge in [0.15, 0.2) is 11.6 Å². The first kappa shape index (κ1) is 13.3. The summed E-state index contributed by atoms with van der Waals surface area (Å²) >= 11 is 5.74. The summed E-state index contributed by atoms with van der Waals surface area (Å²) in [6.45, 7) is 2.36. The number of aromatic nitrogens is 2. The van der Waals surface area contributed by atoms with Crippen molar-refractivity contribution in [1.82, 2.24) is 9.97 Å². The van der Waals surface area contributed by atoms with Gasteiger partial charge in [-0.3, -0.25) is 4.79 Å². The summed E-state index contributed by atoms with van der Waals surface area (Å²) in [5.74, 6) is 0.588. The number of nitrogens with zero attached hydrogens (tertiary/aromatic N) is 2. The Kier molecular flexibility index (Phi) is 4.30. The van der Waals surface area contributed by atoms with Gasteiger partial charge >= 0.3 is 0 Å². The molecule has 6 heteroatoms. The van der Waals surface area contributed by atoms with E-state index in [0.29, 0.717) is 23.7 Å². The van der Waals surface area contributed by atoms with Gasteiger partial charge in [-0.25, -0.2) is 9.97 Å². The predicted molar refractivity (Wildman–Crippen MR) is 72.6 cm³/mol. The first-order valence-electron chi connectivity index (χ1n) is 5.71. The van der Waals surface area contributed by atoms with Crippen LogP contribution in [-0.2, 0) is 0 Å². The first-order chi connectivity index (χ1) is 9.20. The molecule has 0 bridgehead atoms. The van der Waals surface area contributed by atoms with Crippen molar-refractivity contribution in [2.24, 2.45) is 0 Å². The summed E-state index contributed by atoms with van der Waals surface area (Å²) in [6.07, 6.45) is 3.05.